The summed E-state index contributed by atoms with van der Waals surface area (Å²) >= 11 is 0. The van der Waals surface area contributed by atoms with Gasteiger partial charge in [-0.25, -0.2) is 4.98 Å². The van der Waals surface area contributed by atoms with Gasteiger partial charge in [0.25, 0.3) is 5.91 Å². The van der Waals surface area contributed by atoms with Gasteiger partial charge in [0.2, 0.25) is 0 Å². The maximum atomic E-state index is 12.9. The summed E-state index contributed by atoms with van der Waals surface area (Å²) in [6.07, 6.45) is -3.86. The van der Waals surface area contributed by atoms with Crippen LogP contribution in [0.5, 0.6) is 5.75 Å². The third-order valence-corrected chi connectivity index (χ3v) is 4.29. The highest BCUT2D eigenvalue weighted by molar-refractivity contribution is 5.95. The molecule has 1 aromatic carbocycles. The van der Waals surface area contributed by atoms with E-state index in [-0.39, 0.29) is 18.7 Å². The van der Waals surface area contributed by atoms with Gasteiger partial charge in [0.15, 0.2) is 0 Å². The van der Waals surface area contributed by atoms with Gasteiger partial charge in [-0.15, -0.1) is 0 Å². The second kappa shape index (κ2) is 6.30. The Kier molecular flexibility index (Phi) is 4.34. The van der Waals surface area contributed by atoms with Gasteiger partial charge in [-0.2, -0.15) is 13.2 Å². The maximum Gasteiger partial charge on any atom is 0.393 e. The molecule has 1 amide bonds. The molecule has 1 aliphatic rings. The van der Waals surface area contributed by atoms with E-state index in [1.54, 1.807) is 37.4 Å². The van der Waals surface area contributed by atoms with Crippen LogP contribution in [0.3, 0.4) is 0 Å². The number of carbonyl (C=O) groups is 1. The number of hydrogen-bond donors (Lipinski definition) is 0. The molecule has 24 heavy (non-hydrogen) atoms. The van der Waals surface area contributed by atoms with Gasteiger partial charge in [0.1, 0.15) is 11.4 Å². The normalized spacial score (nSPS) is 18.7. The SMILES string of the molecule is COc1ccc2nc(C(=O)N3CCC[C@H](C(F)(F)F)C3)ccc2c1. The molecule has 1 atom stereocenters. The van der Waals surface area contributed by atoms with Crippen LogP contribution in [0.1, 0.15) is 23.3 Å². The minimum absolute atomic E-state index is 0.0677. The van der Waals surface area contributed by atoms with Crippen molar-refractivity contribution in [2.45, 2.75) is 19.0 Å². The van der Waals surface area contributed by atoms with Crippen molar-refractivity contribution in [3.05, 3.63) is 36.0 Å². The van der Waals surface area contributed by atoms with Gasteiger partial charge in [-0.05, 0) is 37.1 Å². The summed E-state index contributed by atoms with van der Waals surface area (Å²) in [6, 6.07) is 8.51. The molecule has 0 N–H and O–H groups in total. The lowest BCUT2D eigenvalue weighted by molar-refractivity contribution is -0.184. The molecule has 128 valence electrons. The quantitative estimate of drug-likeness (QED) is 0.839. The van der Waals surface area contributed by atoms with Crippen molar-refractivity contribution in [2.75, 3.05) is 20.2 Å². The first kappa shape index (κ1) is 16.5. The molecule has 1 aromatic heterocycles. The molecular weight excluding hydrogens is 321 g/mol. The van der Waals surface area contributed by atoms with Crippen LogP contribution in [0.2, 0.25) is 0 Å². The van der Waals surface area contributed by atoms with E-state index in [0.717, 1.165) is 5.39 Å². The monoisotopic (exact) mass is 338 g/mol. The van der Waals surface area contributed by atoms with E-state index in [1.807, 2.05) is 0 Å². The zero-order valence-corrected chi connectivity index (χ0v) is 13.1. The number of likely N-dealkylation sites (tertiary alicyclic amines) is 1. The number of methoxy groups -OCH3 is 1. The predicted octanol–water partition coefficient (Wildman–Crippen LogP) is 3.66. The second-order valence-corrected chi connectivity index (χ2v) is 5.89. The van der Waals surface area contributed by atoms with E-state index in [2.05, 4.69) is 4.98 Å². The number of benzene rings is 1. The lowest BCUT2D eigenvalue weighted by Crippen LogP contribution is -2.44. The molecule has 0 saturated carbocycles. The third-order valence-electron chi connectivity index (χ3n) is 4.29. The number of halogens is 3. The summed E-state index contributed by atoms with van der Waals surface area (Å²) in [5.74, 6) is -1.24. The fourth-order valence-electron chi connectivity index (χ4n) is 2.94. The molecule has 2 aromatic rings. The first-order chi connectivity index (χ1) is 11.4. The van der Waals surface area contributed by atoms with E-state index in [9.17, 15) is 18.0 Å². The number of carbonyl (C=O) groups excluding carboxylic acids is 1. The van der Waals surface area contributed by atoms with Gasteiger partial charge < -0.3 is 9.64 Å². The van der Waals surface area contributed by atoms with E-state index < -0.39 is 18.0 Å². The van der Waals surface area contributed by atoms with Gasteiger partial charge in [0.05, 0.1) is 18.5 Å². The summed E-state index contributed by atoms with van der Waals surface area (Å²) in [5, 5.41) is 0.803. The molecule has 0 aliphatic carbocycles. The van der Waals surface area contributed by atoms with E-state index in [4.69, 9.17) is 4.74 Å². The predicted molar refractivity (Wildman–Crippen MR) is 83.0 cm³/mol. The summed E-state index contributed by atoms with van der Waals surface area (Å²) in [4.78, 5) is 18.0. The van der Waals surface area contributed by atoms with Crippen LogP contribution in [-0.2, 0) is 0 Å². The van der Waals surface area contributed by atoms with Crippen LogP contribution in [-0.4, -0.2) is 42.2 Å². The fourth-order valence-corrected chi connectivity index (χ4v) is 2.94. The molecule has 4 nitrogen and oxygen atoms in total. The van der Waals surface area contributed by atoms with Crippen molar-refractivity contribution >= 4 is 16.8 Å². The summed E-state index contributed by atoms with van der Waals surface area (Å²) in [7, 11) is 1.56. The van der Waals surface area contributed by atoms with E-state index in [0.29, 0.717) is 24.2 Å². The van der Waals surface area contributed by atoms with Crippen molar-refractivity contribution < 1.29 is 22.7 Å². The first-order valence-corrected chi connectivity index (χ1v) is 7.69. The number of rotatable bonds is 2. The van der Waals surface area contributed by atoms with Crippen molar-refractivity contribution in [3.63, 3.8) is 0 Å². The van der Waals surface area contributed by atoms with Crippen molar-refractivity contribution in [1.82, 2.24) is 9.88 Å². The van der Waals surface area contributed by atoms with Crippen LogP contribution in [0, 0.1) is 5.92 Å². The number of amides is 1. The molecule has 1 saturated heterocycles. The number of pyridine rings is 1. The van der Waals surface area contributed by atoms with Gasteiger partial charge in [0, 0.05) is 18.5 Å². The maximum absolute atomic E-state index is 12.9. The van der Waals surface area contributed by atoms with Crippen molar-refractivity contribution in [3.8, 4) is 5.75 Å². The molecule has 7 heteroatoms. The highest BCUT2D eigenvalue weighted by Gasteiger charge is 2.42. The Labute approximate surface area is 137 Å². The van der Waals surface area contributed by atoms with Crippen molar-refractivity contribution in [2.24, 2.45) is 5.92 Å². The number of fused-ring (bicyclic) bond motifs is 1. The molecule has 0 unspecified atom stereocenters. The van der Waals surface area contributed by atoms with Crippen LogP contribution in [0.4, 0.5) is 13.2 Å². The van der Waals surface area contributed by atoms with Crippen LogP contribution >= 0.6 is 0 Å². The lowest BCUT2D eigenvalue weighted by Gasteiger charge is -2.33. The van der Waals surface area contributed by atoms with Crippen LogP contribution in [0.25, 0.3) is 10.9 Å². The van der Waals surface area contributed by atoms with E-state index >= 15 is 0 Å². The minimum atomic E-state index is -4.27. The van der Waals surface area contributed by atoms with Gasteiger partial charge >= 0.3 is 6.18 Å². The van der Waals surface area contributed by atoms with Crippen LogP contribution < -0.4 is 4.74 Å². The Hall–Kier alpha value is -2.31. The largest absolute Gasteiger partial charge is 0.497 e. The number of aromatic nitrogens is 1. The molecule has 1 aliphatic heterocycles. The smallest absolute Gasteiger partial charge is 0.393 e. The number of nitrogens with zero attached hydrogens (tertiary/aromatic N) is 2. The topological polar surface area (TPSA) is 42.4 Å². The molecule has 1 fully saturated rings. The molecule has 2 heterocycles. The molecule has 0 radical (unpaired) electrons. The second-order valence-electron chi connectivity index (χ2n) is 5.89. The molecule has 0 spiro atoms. The summed E-state index contributed by atoms with van der Waals surface area (Å²) in [5.41, 5.74) is 0.765. The zero-order valence-electron chi connectivity index (χ0n) is 13.1. The Morgan fingerprint density at radius 2 is 2.08 bits per heavy atom. The van der Waals surface area contributed by atoms with Gasteiger partial charge in [-0.3, -0.25) is 4.79 Å². The summed E-state index contributed by atoms with van der Waals surface area (Å²) in [6.45, 7) is 0.0262. The Balaban J connectivity index is 1.83. The first-order valence-electron chi connectivity index (χ1n) is 7.69. The Morgan fingerprint density at radius 1 is 1.29 bits per heavy atom. The lowest BCUT2D eigenvalue weighted by atomic mass is 9.97. The van der Waals surface area contributed by atoms with E-state index in [1.165, 1.54) is 4.90 Å². The molecule has 3 rings (SSSR count). The highest BCUT2D eigenvalue weighted by Crippen LogP contribution is 2.33. The minimum Gasteiger partial charge on any atom is -0.497 e. The average molecular weight is 338 g/mol. The third kappa shape index (κ3) is 3.29. The standard InChI is InChI=1S/C17H17F3N2O2/c1-24-13-5-7-14-11(9-13)4-6-15(21-14)16(23)22-8-2-3-12(10-22)17(18,19)20/h4-7,9,12H,2-3,8,10H2,1H3/t12-/m0/s1. The summed E-state index contributed by atoms with van der Waals surface area (Å²) < 4.78 is 43.8. The fraction of sp³-hybridized carbons (Fsp3) is 0.412. The van der Waals surface area contributed by atoms with Gasteiger partial charge in [-0.1, -0.05) is 6.07 Å². The highest BCUT2D eigenvalue weighted by atomic mass is 19.4. The average Bonchev–Trinajstić information content (AvgIpc) is 2.59. The molecular formula is C17H17F3N2O2. The number of ether oxygens (including phenoxy) is 1. The molecule has 0 bridgehead atoms. The van der Waals surface area contributed by atoms with Crippen LogP contribution in [0.15, 0.2) is 30.3 Å². The number of piperidine rings is 1. The Bertz CT molecular complexity index is 761. The number of hydrogen-bond acceptors (Lipinski definition) is 3. The zero-order chi connectivity index (χ0) is 17.3. The van der Waals surface area contributed by atoms with Crippen molar-refractivity contribution in [1.29, 1.82) is 0 Å². The number of alkyl halides is 3. The Morgan fingerprint density at radius 3 is 2.79 bits per heavy atom.